The first-order valence-corrected chi connectivity index (χ1v) is 7.76. The first-order chi connectivity index (χ1) is 12.1. The van der Waals surface area contributed by atoms with Gasteiger partial charge in [-0.25, -0.2) is 9.07 Å². The van der Waals surface area contributed by atoms with Gasteiger partial charge in [-0.2, -0.15) is 5.26 Å². The molecule has 2 aromatic carbocycles. The quantitative estimate of drug-likeness (QED) is 0.774. The molecule has 0 amide bonds. The average molecular weight is 336 g/mol. The number of halogens is 1. The van der Waals surface area contributed by atoms with Crippen molar-refractivity contribution in [2.45, 2.75) is 20.1 Å². The molecular weight excluding hydrogens is 319 g/mol. The van der Waals surface area contributed by atoms with Crippen molar-refractivity contribution in [2.75, 3.05) is 5.73 Å². The molecule has 0 aliphatic rings. The molecule has 0 aliphatic carbocycles. The SMILES string of the molecule is Cc1cccc(Cn2nc(OCc3ccc(F)cc3)c(C#N)c2N)c1. The van der Waals surface area contributed by atoms with Crippen molar-refractivity contribution in [3.8, 4) is 11.9 Å². The number of anilines is 1. The Hall–Kier alpha value is -3.33. The van der Waals surface area contributed by atoms with E-state index >= 15 is 0 Å². The predicted molar refractivity (Wildman–Crippen MR) is 92.4 cm³/mol. The number of hydrogen-bond donors (Lipinski definition) is 1. The summed E-state index contributed by atoms with van der Waals surface area (Å²) in [6.45, 7) is 2.63. The molecule has 0 bridgehead atoms. The van der Waals surface area contributed by atoms with Crippen molar-refractivity contribution in [3.05, 3.63) is 76.6 Å². The number of nitrogens with zero attached hydrogens (tertiary/aromatic N) is 3. The van der Waals surface area contributed by atoms with E-state index in [0.717, 1.165) is 16.7 Å². The second-order valence-corrected chi connectivity index (χ2v) is 5.74. The maximum Gasteiger partial charge on any atom is 0.253 e. The zero-order valence-electron chi connectivity index (χ0n) is 13.7. The second-order valence-electron chi connectivity index (χ2n) is 5.74. The van der Waals surface area contributed by atoms with Crippen LogP contribution in [-0.2, 0) is 13.2 Å². The molecule has 3 aromatic rings. The predicted octanol–water partition coefficient (Wildman–Crippen LogP) is 3.41. The lowest BCUT2D eigenvalue weighted by Gasteiger charge is -2.05. The number of nitrogen functional groups attached to an aromatic ring is 1. The van der Waals surface area contributed by atoms with Crippen LogP contribution in [0.2, 0.25) is 0 Å². The highest BCUT2D eigenvalue weighted by Gasteiger charge is 2.17. The zero-order chi connectivity index (χ0) is 17.8. The van der Waals surface area contributed by atoms with Crippen LogP contribution >= 0.6 is 0 Å². The van der Waals surface area contributed by atoms with E-state index in [-0.39, 0.29) is 29.7 Å². The van der Waals surface area contributed by atoms with Gasteiger partial charge in [0.25, 0.3) is 5.88 Å². The van der Waals surface area contributed by atoms with Gasteiger partial charge in [0.15, 0.2) is 5.56 Å². The summed E-state index contributed by atoms with van der Waals surface area (Å²) >= 11 is 0. The molecule has 0 spiro atoms. The molecule has 0 saturated carbocycles. The number of aromatic nitrogens is 2. The Kier molecular flexibility index (Phi) is 4.66. The summed E-state index contributed by atoms with van der Waals surface area (Å²) in [4.78, 5) is 0. The van der Waals surface area contributed by atoms with Gasteiger partial charge in [-0.15, -0.1) is 5.10 Å². The highest BCUT2D eigenvalue weighted by Crippen LogP contribution is 2.24. The topological polar surface area (TPSA) is 76.9 Å². The summed E-state index contributed by atoms with van der Waals surface area (Å²) in [6.07, 6.45) is 0. The van der Waals surface area contributed by atoms with Crippen molar-refractivity contribution in [1.82, 2.24) is 9.78 Å². The fourth-order valence-electron chi connectivity index (χ4n) is 2.49. The van der Waals surface area contributed by atoms with Gasteiger partial charge in [0.1, 0.15) is 24.3 Å². The minimum Gasteiger partial charge on any atom is -0.471 e. The minimum absolute atomic E-state index is 0.176. The van der Waals surface area contributed by atoms with Crippen LogP contribution in [0.5, 0.6) is 5.88 Å². The van der Waals surface area contributed by atoms with E-state index in [1.807, 2.05) is 37.3 Å². The van der Waals surface area contributed by atoms with Crippen molar-refractivity contribution in [1.29, 1.82) is 5.26 Å². The molecule has 0 saturated heterocycles. The molecule has 2 N–H and O–H groups in total. The summed E-state index contributed by atoms with van der Waals surface area (Å²) in [5.74, 6) is 0.128. The van der Waals surface area contributed by atoms with Crippen molar-refractivity contribution in [2.24, 2.45) is 0 Å². The average Bonchev–Trinajstić information content (AvgIpc) is 2.89. The van der Waals surface area contributed by atoms with E-state index in [0.29, 0.717) is 6.54 Å². The van der Waals surface area contributed by atoms with E-state index < -0.39 is 0 Å². The number of hydrogen-bond acceptors (Lipinski definition) is 4. The summed E-state index contributed by atoms with van der Waals surface area (Å²) in [6, 6.07) is 16.0. The first kappa shape index (κ1) is 16.5. The number of benzene rings is 2. The molecule has 0 fully saturated rings. The van der Waals surface area contributed by atoms with Crippen LogP contribution in [0.3, 0.4) is 0 Å². The fraction of sp³-hybridized carbons (Fsp3) is 0.158. The summed E-state index contributed by atoms with van der Waals surface area (Å²) in [5, 5.41) is 13.7. The zero-order valence-corrected chi connectivity index (χ0v) is 13.7. The molecule has 1 heterocycles. The van der Waals surface area contributed by atoms with E-state index in [4.69, 9.17) is 10.5 Å². The molecule has 6 heteroatoms. The standard InChI is InChI=1S/C19H17FN4O/c1-13-3-2-4-15(9-13)11-24-18(22)17(10-21)19(23-24)25-12-14-5-7-16(20)8-6-14/h2-9H,11-12,22H2,1H3. The van der Waals surface area contributed by atoms with Crippen LogP contribution < -0.4 is 10.5 Å². The smallest absolute Gasteiger partial charge is 0.253 e. The molecule has 0 aliphatic heterocycles. The monoisotopic (exact) mass is 336 g/mol. The Balaban J connectivity index is 1.80. The highest BCUT2D eigenvalue weighted by molar-refractivity contribution is 5.55. The summed E-state index contributed by atoms with van der Waals surface area (Å²) in [5.41, 5.74) is 9.18. The summed E-state index contributed by atoms with van der Waals surface area (Å²) in [7, 11) is 0. The summed E-state index contributed by atoms with van der Waals surface area (Å²) < 4.78 is 20.1. The van der Waals surface area contributed by atoms with Crippen LogP contribution in [0.25, 0.3) is 0 Å². The Morgan fingerprint density at radius 1 is 1.20 bits per heavy atom. The van der Waals surface area contributed by atoms with Gasteiger partial charge >= 0.3 is 0 Å². The maximum absolute atomic E-state index is 12.9. The third-order valence-electron chi connectivity index (χ3n) is 3.78. The lowest BCUT2D eigenvalue weighted by Crippen LogP contribution is -2.06. The van der Waals surface area contributed by atoms with Crippen LogP contribution in [0.4, 0.5) is 10.2 Å². The van der Waals surface area contributed by atoms with Crippen LogP contribution in [-0.4, -0.2) is 9.78 Å². The van der Waals surface area contributed by atoms with Gasteiger partial charge in [-0.1, -0.05) is 42.0 Å². The van der Waals surface area contributed by atoms with Gasteiger partial charge < -0.3 is 10.5 Å². The van der Waals surface area contributed by atoms with Crippen molar-refractivity contribution < 1.29 is 9.13 Å². The Morgan fingerprint density at radius 2 is 1.96 bits per heavy atom. The molecule has 0 radical (unpaired) electrons. The van der Waals surface area contributed by atoms with E-state index in [2.05, 4.69) is 5.10 Å². The molecule has 25 heavy (non-hydrogen) atoms. The van der Waals surface area contributed by atoms with E-state index in [1.54, 1.807) is 16.8 Å². The molecular formula is C19H17FN4O. The van der Waals surface area contributed by atoms with Gasteiger partial charge in [-0.3, -0.25) is 0 Å². The van der Waals surface area contributed by atoms with Crippen LogP contribution in [0, 0.1) is 24.1 Å². The molecule has 126 valence electrons. The largest absolute Gasteiger partial charge is 0.471 e. The Morgan fingerprint density at radius 3 is 2.64 bits per heavy atom. The van der Waals surface area contributed by atoms with Crippen molar-refractivity contribution in [3.63, 3.8) is 0 Å². The number of nitriles is 1. The number of aryl methyl sites for hydroxylation is 1. The van der Waals surface area contributed by atoms with Gasteiger partial charge in [0.2, 0.25) is 0 Å². The Labute approximate surface area is 145 Å². The molecule has 1 aromatic heterocycles. The normalized spacial score (nSPS) is 10.4. The minimum atomic E-state index is -0.312. The number of ether oxygens (including phenoxy) is 1. The first-order valence-electron chi connectivity index (χ1n) is 7.76. The van der Waals surface area contributed by atoms with Gasteiger partial charge in [0, 0.05) is 0 Å². The third-order valence-corrected chi connectivity index (χ3v) is 3.78. The van der Waals surface area contributed by atoms with Gasteiger partial charge in [-0.05, 0) is 30.2 Å². The second kappa shape index (κ2) is 7.05. The van der Waals surface area contributed by atoms with E-state index in [9.17, 15) is 9.65 Å². The van der Waals surface area contributed by atoms with E-state index in [1.165, 1.54) is 12.1 Å². The third kappa shape index (κ3) is 3.78. The van der Waals surface area contributed by atoms with Crippen LogP contribution in [0.15, 0.2) is 48.5 Å². The molecule has 0 atom stereocenters. The number of nitrogens with two attached hydrogens (primary N) is 1. The Bertz CT molecular complexity index is 926. The highest BCUT2D eigenvalue weighted by atomic mass is 19.1. The van der Waals surface area contributed by atoms with Crippen LogP contribution in [0.1, 0.15) is 22.3 Å². The maximum atomic E-state index is 12.9. The lowest BCUT2D eigenvalue weighted by atomic mass is 10.1. The molecule has 3 rings (SSSR count). The molecule has 0 unspecified atom stereocenters. The number of rotatable bonds is 5. The molecule has 5 nitrogen and oxygen atoms in total. The lowest BCUT2D eigenvalue weighted by molar-refractivity contribution is 0.289. The fourth-order valence-corrected chi connectivity index (χ4v) is 2.49. The van der Waals surface area contributed by atoms with Crippen molar-refractivity contribution >= 4 is 5.82 Å². The van der Waals surface area contributed by atoms with Gasteiger partial charge in [0.05, 0.1) is 6.54 Å².